The molecule has 0 saturated carbocycles. The first kappa shape index (κ1) is 20.2. The fraction of sp³-hybridized carbons (Fsp3) is 0.500. The summed E-state index contributed by atoms with van der Waals surface area (Å²) in [5, 5.41) is 0. The van der Waals surface area contributed by atoms with E-state index in [4.69, 9.17) is 4.74 Å². The molecule has 0 aliphatic rings. The molecule has 1 atom stereocenters. The average molecular weight is 301 g/mol. The maximum Gasteiger partial charge on any atom is 1.00 e. The van der Waals surface area contributed by atoms with E-state index < -0.39 is 6.09 Å². The van der Waals surface area contributed by atoms with Crippen LogP contribution in [0.4, 0.5) is 4.79 Å². The van der Waals surface area contributed by atoms with E-state index in [0.717, 1.165) is 36.1 Å². The van der Waals surface area contributed by atoms with Crippen molar-refractivity contribution in [3.63, 3.8) is 0 Å². The SMILES string of the molecule is CCCCCC(C)N(C=O)C(=O)OCc1ccccc1.[H-].[Na+]. The number of imide groups is 1. The number of hydrogen-bond donors (Lipinski definition) is 0. The molecule has 0 aliphatic carbocycles. The number of benzene rings is 1. The third-order valence-electron chi connectivity index (χ3n) is 3.23. The molecule has 1 unspecified atom stereocenters. The molecular formula is C16H24NNaO3. The van der Waals surface area contributed by atoms with E-state index >= 15 is 0 Å². The predicted molar refractivity (Wildman–Crippen MR) is 79.2 cm³/mol. The number of nitrogens with zero attached hydrogens (tertiary/aromatic N) is 1. The molecule has 112 valence electrons. The van der Waals surface area contributed by atoms with E-state index in [-0.39, 0.29) is 43.6 Å². The summed E-state index contributed by atoms with van der Waals surface area (Å²) >= 11 is 0. The number of ether oxygens (including phenoxy) is 1. The number of carbonyl (C=O) groups excluding carboxylic acids is 2. The molecule has 0 fully saturated rings. The molecular weight excluding hydrogens is 277 g/mol. The van der Waals surface area contributed by atoms with Crippen LogP contribution in [0.25, 0.3) is 0 Å². The third-order valence-corrected chi connectivity index (χ3v) is 3.23. The molecule has 1 aromatic carbocycles. The summed E-state index contributed by atoms with van der Waals surface area (Å²) in [5.41, 5.74) is 0.908. The van der Waals surface area contributed by atoms with Gasteiger partial charge in [0.1, 0.15) is 6.61 Å². The topological polar surface area (TPSA) is 46.6 Å². The van der Waals surface area contributed by atoms with Crippen LogP contribution in [-0.2, 0) is 16.1 Å². The van der Waals surface area contributed by atoms with E-state index in [1.54, 1.807) is 0 Å². The van der Waals surface area contributed by atoms with Gasteiger partial charge in [0.25, 0.3) is 0 Å². The van der Waals surface area contributed by atoms with Crippen LogP contribution in [0.2, 0.25) is 0 Å². The monoisotopic (exact) mass is 301 g/mol. The Bertz CT molecular complexity index is 417. The number of amides is 2. The molecule has 21 heavy (non-hydrogen) atoms. The second-order valence-corrected chi connectivity index (χ2v) is 4.90. The van der Waals surface area contributed by atoms with Crippen LogP contribution >= 0.6 is 0 Å². The Morgan fingerprint density at radius 3 is 2.57 bits per heavy atom. The number of carbonyl (C=O) groups is 2. The Balaban J connectivity index is 0. The molecule has 0 N–H and O–H groups in total. The van der Waals surface area contributed by atoms with Crippen molar-refractivity contribution in [1.29, 1.82) is 0 Å². The van der Waals surface area contributed by atoms with Crippen molar-refractivity contribution < 1.29 is 45.3 Å². The van der Waals surface area contributed by atoms with Gasteiger partial charge in [-0.1, -0.05) is 56.5 Å². The van der Waals surface area contributed by atoms with Crippen molar-refractivity contribution in [2.75, 3.05) is 0 Å². The van der Waals surface area contributed by atoms with Gasteiger partial charge in [-0.15, -0.1) is 0 Å². The standard InChI is InChI=1S/C16H23NO3.Na.H/c1-3-4-6-9-14(2)17(13-18)16(19)20-12-15-10-7-5-8-11-15;;/h5,7-8,10-11,13-14H,3-4,6,9,12H2,1-2H3;;/q;+1;-1. The largest absolute Gasteiger partial charge is 1.00 e. The predicted octanol–water partition coefficient (Wildman–Crippen LogP) is 0.867. The molecule has 0 aliphatic heterocycles. The summed E-state index contributed by atoms with van der Waals surface area (Å²) in [7, 11) is 0. The molecule has 0 bridgehead atoms. The first-order chi connectivity index (χ1) is 9.69. The zero-order valence-corrected chi connectivity index (χ0v) is 15.2. The Kier molecular flexibility index (Phi) is 11.3. The van der Waals surface area contributed by atoms with Crippen molar-refractivity contribution in [1.82, 2.24) is 4.90 Å². The summed E-state index contributed by atoms with van der Waals surface area (Å²) in [4.78, 5) is 24.1. The summed E-state index contributed by atoms with van der Waals surface area (Å²) in [5.74, 6) is 0. The van der Waals surface area contributed by atoms with Gasteiger partial charge >= 0.3 is 35.7 Å². The van der Waals surface area contributed by atoms with Crippen molar-refractivity contribution in [2.45, 2.75) is 52.2 Å². The van der Waals surface area contributed by atoms with Gasteiger partial charge in [0, 0.05) is 6.04 Å². The minimum atomic E-state index is -0.576. The van der Waals surface area contributed by atoms with Crippen LogP contribution < -0.4 is 29.6 Å². The van der Waals surface area contributed by atoms with Crippen LogP contribution in [0, 0.1) is 0 Å². The molecule has 0 spiro atoms. The van der Waals surface area contributed by atoms with Gasteiger partial charge in [-0.2, -0.15) is 0 Å². The van der Waals surface area contributed by atoms with Crippen molar-refractivity contribution >= 4 is 12.5 Å². The molecule has 0 aromatic heterocycles. The maximum absolute atomic E-state index is 11.9. The fourth-order valence-electron chi connectivity index (χ4n) is 1.95. The molecule has 5 heteroatoms. The van der Waals surface area contributed by atoms with Gasteiger partial charge in [0.15, 0.2) is 0 Å². The minimum Gasteiger partial charge on any atom is -1.00 e. The molecule has 0 radical (unpaired) electrons. The smallest absolute Gasteiger partial charge is 1.00 e. The zero-order valence-electron chi connectivity index (χ0n) is 14.2. The summed E-state index contributed by atoms with van der Waals surface area (Å²) < 4.78 is 5.16. The van der Waals surface area contributed by atoms with Crippen molar-refractivity contribution in [2.24, 2.45) is 0 Å². The van der Waals surface area contributed by atoms with Crippen LogP contribution in [0.15, 0.2) is 30.3 Å². The zero-order chi connectivity index (χ0) is 14.8. The maximum atomic E-state index is 11.9. The number of unbranched alkanes of at least 4 members (excludes halogenated alkanes) is 2. The van der Waals surface area contributed by atoms with Gasteiger partial charge in [-0.25, -0.2) is 9.69 Å². The first-order valence-corrected chi connectivity index (χ1v) is 7.13. The van der Waals surface area contributed by atoms with Crippen molar-refractivity contribution in [3.05, 3.63) is 35.9 Å². The van der Waals surface area contributed by atoms with Crippen LogP contribution in [0.1, 0.15) is 46.5 Å². The number of hydrogen-bond acceptors (Lipinski definition) is 3. The average Bonchev–Trinajstić information content (AvgIpc) is 2.47. The van der Waals surface area contributed by atoms with E-state index in [0.29, 0.717) is 6.41 Å². The summed E-state index contributed by atoms with van der Waals surface area (Å²) in [6, 6.07) is 9.30. The van der Waals surface area contributed by atoms with Gasteiger partial charge < -0.3 is 6.16 Å². The van der Waals surface area contributed by atoms with Gasteiger partial charge in [-0.3, -0.25) is 4.79 Å². The van der Waals surface area contributed by atoms with Crippen LogP contribution in [0.3, 0.4) is 0 Å². The Morgan fingerprint density at radius 1 is 1.33 bits per heavy atom. The number of rotatable bonds is 8. The molecule has 0 heterocycles. The van der Waals surface area contributed by atoms with E-state index in [1.807, 2.05) is 37.3 Å². The van der Waals surface area contributed by atoms with Crippen LogP contribution in [0.5, 0.6) is 0 Å². The molecule has 2 amide bonds. The molecule has 1 aromatic rings. The quantitative estimate of drug-likeness (QED) is 0.406. The fourth-order valence-corrected chi connectivity index (χ4v) is 1.95. The van der Waals surface area contributed by atoms with Gasteiger partial charge in [0.05, 0.1) is 0 Å². The van der Waals surface area contributed by atoms with E-state index in [1.165, 1.54) is 0 Å². The first-order valence-electron chi connectivity index (χ1n) is 7.13. The normalized spacial score (nSPS) is 11.1. The molecule has 0 saturated heterocycles. The van der Waals surface area contributed by atoms with Crippen molar-refractivity contribution in [3.8, 4) is 0 Å². The van der Waals surface area contributed by atoms with E-state index in [9.17, 15) is 9.59 Å². The summed E-state index contributed by atoms with van der Waals surface area (Å²) in [6.07, 6.45) is 4.03. The Morgan fingerprint density at radius 2 is 2.00 bits per heavy atom. The molecule has 4 nitrogen and oxygen atoms in total. The minimum absolute atomic E-state index is 0. The van der Waals surface area contributed by atoms with Crippen LogP contribution in [-0.4, -0.2) is 23.4 Å². The van der Waals surface area contributed by atoms with Gasteiger partial charge in [-0.05, 0) is 18.9 Å². The Hall–Kier alpha value is -0.840. The Labute approximate surface area is 150 Å². The molecule has 1 rings (SSSR count). The van der Waals surface area contributed by atoms with Gasteiger partial charge in [0.2, 0.25) is 6.41 Å². The summed E-state index contributed by atoms with van der Waals surface area (Å²) in [6.45, 7) is 4.18. The second kappa shape index (κ2) is 11.8. The third kappa shape index (κ3) is 7.65. The van der Waals surface area contributed by atoms with E-state index in [2.05, 4.69) is 6.92 Å². The second-order valence-electron chi connectivity index (χ2n) is 4.90.